The molecule has 0 radical (unpaired) electrons. The molecule has 1 aromatic carbocycles. The molecule has 2 atom stereocenters. The molecule has 7 rings (SSSR count). The highest BCUT2D eigenvalue weighted by atomic mass is 35.5. The van der Waals surface area contributed by atoms with E-state index in [-0.39, 0.29) is 0 Å². The minimum absolute atomic E-state index is 0.481. The Morgan fingerprint density at radius 1 is 0.968 bits per heavy atom. The Morgan fingerprint density at radius 2 is 1.77 bits per heavy atom. The van der Waals surface area contributed by atoms with E-state index in [9.17, 15) is 0 Å². The second-order valence-electron chi connectivity index (χ2n) is 8.87. The number of piperazine rings is 1. The molecule has 2 saturated heterocycles. The Morgan fingerprint density at radius 3 is 2.52 bits per heavy atom. The number of benzene rings is 1. The van der Waals surface area contributed by atoms with E-state index in [4.69, 9.17) is 11.6 Å². The maximum Gasteiger partial charge on any atom is 0.140 e. The van der Waals surface area contributed by atoms with Crippen molar-refractivity contribution in [3.05, 3.63) is 46.6 Å². The highest BCUT2D eigenvalue weighted by molar-refractivity contribution is 7.07. The number of hydrogen-bond acceptors (Lipinski definition) is 6. The summed E-state index contributed by atoms with van der Waals surface area (Å²) in [6, 6.07) is 5.78. The summed E-state index contributed by atoms with van der Waals surface area (Å²) < 4.78 is 4.05. The monoisotopic (exact) mass is 451 g/mol. The van der Waals surface area contributed by atoms with Crippen LogP contribution in [0.15, 0.2) is 41.6 Å². The lowest BCUT2D eigenvalue weighted by Crippen LogP contribution is -2.54. The molecule has 0 spiro atoms. The summed E-state index contributed by atoms with van der Waals surface area (Å²) in [4.78, 5) is 9.55. The second kappa shape index (κ2) is 6.71. The van der Waals surface area contributed by atoms with Crippen molar-refractivity contribution in [3.63, 3.8) is 0 Å². The van der Waals surface area contributed by atoms with Crippen molar-refractivity contribution in [2.75, 3.05) is 22.9 Å². The van der Waals surface area contributed by atoms with Gasteiger partial charge in [0.15, 0.2) is 0 Å². The van der Waals surface area contributed by atoms with Gasteiger partial charge in [-0.15, -0.1) is 11.3 Å². The third-order valence-electron chi connectivity index (χ3n) is 6.90. The Kier molecular flexibility index (Phi) is 3.90. The number of aromatic nitrogens is 5. The van der Waals surface area contributed by atoms with Gasteiger partial charge < -0.3 is 9.80 Å². The SMILES string of the molecule is Clc1cc2cnn(-c3cnn(C4CC4)c3)c2cc1N1C[C@H]2CC[C@@H](C1)N2c1cscn1. The van der Waals surface area contributed by atoms with Gasteiger partial charge in [0.05, 0.1) is 46.4 Å². The molecule has 9 heteroatoms. The summed E-state index contributed by atoms with van der Waals surface area (Å²) in [5.41, 5.74) is 5.10. The van der Waals surface area contributed by atoms with Crippen LogP contribution in [0.1, 0.15) is 31.7 Å². The van der Waals surface area contributed by atoms with Crippen LogP contribution < -0.4 is 9.80 Å². The molecular weight excluding hydrogens is 430 g/mol. The fraction of sp³-hybridized carbons (Fsp3) is 0.409. The third-order valence-corrected chi connectivity index (χ3v) is 7.77. The lowest BCUT2D eigenvalue weighted by Gasteiger charge is -2.42. The van der Waals surface area contributed by atoms with Crippen molar-refractivity contribution >= 4 is 45.3 Å². The number of anilines is 2. The lowest BCUT2D eigenvalue weighted by atomic mass is 10.1. The minimum Gasteiger partial charge on any atom is -0.366 e. The topological polar surface area (TPSA) is 55.0 Å². The summed E-state index contributed by atoms with van der Waals surface area (Å²) in [6.45, 7) is 1.93. The summed E-state index contributed by atoms with van der Waals surface area (Å²) in [5, 5.41) is 13.2. The van der Waals surface area contributed by atoms with Crippen molar-refractivity contribution < 1.29 is 0 Å². The number of thiazole rings is 1. The molecule has 2 bridgehead atoms. The maximum absolute atomic E-state index is 6.78. The Labute approximate surface area is 188 Å². The van der Waals surface area contributed by atoms with E-state index in [0.29, 0.717) is 18.1 Å². The van der Waals surface area contributed by atoms with Crippen LogP contribution in [-0.4, -0.2) is 49.7 Å². The zero-order valence-electron chi connectivity index (χ0n) is 16.9. The van der Waals surface area contributed by atoms with E-state index in [1.807, 2.05) is 22.6 Å². The van der Waals surface area contributed by atoms with Gasteiger partial charge in [-0.2, -0.15) is 10.2 Å². The van der Waals surface area contributed by atoms with Gasteiger partial charge in [-0.25, -0.2) is 9.67 Å². The third kappa shape index (κ3) is 2.88. The summed E-state index contributed by atoms with van der Waals surface area (Å²) in [5.74, 6) is 1.13. The van der Waals surface area contributed by atoms with Crippen LogP contribution in [0.3, 0.4) is 0 Å². The number of halogens is 1. The van der Waals surface area contributed by atoms with Crippen molar-refractivity contribution in [3.8, 4) is 5.69 Å². The molecule has 7 nitrogen and oxygen atoms in total. The van der Waals surface area contributed by atoms with Gasteiger partial charge in [0.25, 0.3) is 0 Å². The van der Waals surface area contributed by atoms with Crippen LogP contribution in [0, 0.1) is 0 Å². The van der Waals surface area contributed by atoms with E-state index in [1.54, 1.807) is 11.3 Å². The van der Waals surface area contributed by atoms with E-state index >= 15 is 0 Å². The second-order valence-corrected chi connectivity index (χ2v) is 10.00. The molecule has 3 aliphatic rings. The zero-order chi connectivity index (χ0) is 20.5. The van der Waals surface area contributed by atoms with Gasteiger partial charge in [0.2, 0.25) is 0 Å². The quantitative estimate of drug-likeness (QED) is 0.456. The summed E-state index contributed by atoms with van der Waals surface area (Å²) in [6.07, 6.45) is 10.8. The van der Waals surface area contributed by atoms with Gasteiger partial charge in [0.1, 0.15) is 11.5 Å². The molecule has 3 fully saturated rings. The fourth-order valence-electron chi connectivity index (χ4n) is 5.27. The highest BCUT2D eigenvalue weighted by Crippen LogP contribution is 2.40. The van der Waals surface area contributed by atoms with Crippen LogP contribution >= 0.6 is 22.9 Å². The first-order chi connectivity index (χ1) is 15.2. The molecule has 4 aromatic rings. The van der Waals surface area contributed by atoms with Crippen molar-refractivity contribution in [2.24, 2.45) is 0 Å². The molecule has 0 unspecified atom stereocenters. The smallest absolute Gasteiger partial charge is 0.140 e. The molecule has 31 heavy (non-hydrogen) atoms. The number of fused-ring (bicyclic) bond motifs is 3. The van der Waals surface area contributed by atoms with Gasteiger partial charge in [0, 0.05) is 35.9 Å². The van der Waals surface area contributed by atoms with Crippen molar-refractivity contribution in [1.82, 2.24) is 24.5 Å². The first-order valence-corrected chi connectivity index (χ1v) is 12.2. The Bertz CT molecular complexity index is 1240. The number of hydrogen-bond donors (Lipinski definition) is 0. The van der Waals surface area contributed by atoms with E-state index in [1.165, 1.54) is 25.7 Å². The molecule has 3 aromatic heterocycles. The van der Waals surface area contributed by atoms with Gasteiger partial charge in [-0.1, -0.05) is 11.6 Å². The van der Waals surface area contributed by atoms with Crippen LogP contribution in [-0.2, 0) is 0 Å². The molecule has 1 saturated carbocycles. The normalized spacial score (nSPS) is 23.3. The Balaban J connectivity index is 1.24. The van der Waals surface area contributed by atoms with Crippen LogP contribution in [0.2, 0.25) is 5.02 Å². The Hall–Kier alpha value is -2.58. The predicted octanol–water partition coefficient (Wildman–Crippen LogP) is 4.52. The average molecular weight is 452 g/mol. The van der Waals surface area contributed by atoms with E-state index in [0.717, 1.165) is 46.2 Å². The molecule has 5 heterocycles. The summed E-state index contributed by atoms with van der Waals surface area (Å²) in [7, 11) is 0. The molecular formula is C22H22ClN7S. The molecule has 0 N–H and O–H groups in total. The standard InChI is InChI=1S/C22H22ClN7S/c23-19-5-14-7-26-30(18-8-25-28(11-18)15-1-2-15)20(14)6-21(19)27-9-16-3-4-17(10-27)29(16)22-12-31-13-24-22/h5-8,11-13,15-17H,1-4,9-10H2/t16-,17+. The fourth-order valence-corrected chi connectivity index (χ4v) is 6.09. The van der Waals surface area contributed by atoms with Crippen molar-refractivity contribution in [1.29, 1.82) is 0 Å². The average Bonchev–Trinajstić information content (AvgIpc) is 3.14. The van der Waals surface area contributed by atoms with Crippen LogP contribution in [0.4, 0.5) is 11.5 Å². The summed E-state index contributed by atoms with van der Waals surface area (Å²) >= 11 is 8.45. The molecule has 1 aliphatic carbocycles. The molecule has 2 aliphatic heterocycles. The van der Waals surface area contributed by atoms with Crippen LogP contribution in [0.5, 0.6) is 0 Å². The number of nitrogens with zero attached hydrogens (tertiary/aromatic N) is 7. The highest BCUT2D eigenvalue weighted by Gasteiger charge is 2.41. The minimum atomic E-state index is 0.481. The maximum atomic E-state index is 6.78. The molecule has 0 amide bonds. The zero-order valence-corrected chi connectivity index (χ0v) is 18.5. The lowest BCUT2D eigenvalue weighted by molar-refractivity contribution is 0.531. The van der Waals surface area contributed by atoms with Gasteiger partial charge in [-0.3, -0.25) is 4.68 Å². The van der Waals surface area contributed by atoms with E-state index in [2.05, 4.69) is 53.4 Å². The van der Waals surface area contributed by atoms with Gasteiger partial charge in [-0.05, 0) is 37.8 Å². The molecule has 158 valence electrons. The number of rotatable bonds is 4. The van der Waals surface area contributed by atoms with Crippen molar-refractivity contribution in [2.45, 2.75) is 43.8 Å². The first-order valence-electron chi connectivity index (χ1n) is 10.9. The van der Waals surface area contributed by atoms with Crippen LogP contribution in [0.25, 0.3) is 16.6 Å². The first kappa shape index (κ1) is 18.0. The van der Waals surface area contributed by atoms with E-state index < -0.39 is 0 Å². The van der Waals surface area contributed by atoms with Gasteiger partial charge >= 0.3 is 0 Å². The largest absolute Gasteiger partial charge is 0.366 e. The predicted molar refractivity (Wildman–Crippen MR) is 124 cm³/mol.